The fourth-order valence-corrected chi connectivity index (χ4v) is 2.09. The quantitative estimate of drug-likeness (QED) is 0.364. The van der Waals surface area contributed by atoms with Crippen LogP contribution in [0.25, 0.3) is 0 Å². The van der Waals surface area contributed by atoms with E-state index in [0.29, 0.717) is 0 Å². The van der Waals surface area contributed by atoms with Gasteiger partial charge in [-0.05, 0) is 11.8 Å². The largest absolute Gasteiger partial charge is 0.387 e. The van der Waals surface area contributed by atoms with Crippen molar-refractivity contribution in [1.29, 1.82) is 0 Å². The van der Waals surface area contributed by atoms with Crippen molar-refractivity contribution in [3.63, 3.8) is 0 Å². The molecule has 0 amide bonds. The van der Waals surface area contributed by atoms with E-state index in [-0.39, 0.29) is 18.1 Å². The third kappa shape index (κ3) is 3.27. The molecule has 0 spiro atoms. The SMILES string of the molecule is CC(C)C(O)(C(C)C)[C@@H](O)[C@H](O)[C@H](O)[C@@H](O)C=O. The highest BCUT2D eigenvalue weighted by molar-refractivity contribution is 5.56. The van der Waals surface area contributed by atoms with E-state index in [4.69, 9.17) is 5.11 Å². The number of aliphatic hydroxyl groups is 5. The molecule has 4 atom stereocenters. The molecule has 0 aliphatic rings. The van der Waals surface area contributed by atoms with Gasteiger partial charge in [-0.2, -0.15) is 0 Å². The first-order chi connectivity index (χ1) is 8.10. The van der Waals surface area contributed by atoms with Crippen molar-refractivity contribution in [1.82, 2.24) is 0 Å². The van der Waals surface area contributed by atoms with Crippen LogP contribution in [0.5, 0.6) is 0 Å². The standard InChI is InChI=1S/C12H24O6/c1-6(2)12(18,7(3)4)11(17)10(16)9(15)8(14)5-13/h5-11,14-18H,1-4H3/t8-,9+,10+,11-/m0/s1. The summed E-state index contributed by atoms with van der Waals surface area (Å²) >= 11 is 0. The van der Waals surface area contributed by atoms with Crippen LogP contribution in [0.15, 0.2) is 0 Å². The Morgan fingerprint density at radius 1 is 0.889 bits per heavy atom. The molecular weight excluding hydrogens is 240 g/mol. The van der Waals surface area contributed by atoms with Gasteiger partial charge in [0.15, 0.2) is 6.29 Å². The molecule has 0 aliphatic heterocycles. The minimum absolute atomic E-state index is 0.0599. The zero-order valence-corrected chi connectivity index (χ0v) is 11.2. The molecule has 0 aromatic carbocycles. The molecule has 108 valence electrons. The van der Waals surface area contributed by atoms with E-state index < -0.39 is 30.0 Å². The lowest BCUT2D eigenvalue weighted by molar-refractivity contribution is -0.198. The molecule has 0 fully saturated rings. The number of aliphatic hydroxyl groups excluding tert-OH is 4. The van der Waals surface area contributed by atoms with Crippen LogP contribution in [0.2, 0.25) is 0 Å². The smallest absolute Gasteiger partial charge is 0.151 e. The van der Waals surface area contributed by atoms with E-state index in [2.05, 4.69) is 0 Å². The third-order valence-electron chi connectivity index (χ3n) is 3.49. The second kappa shape index (κ2) is 6.58. The Balaban J connectivity index is 5.10. The second-order valence-corrected chi connectivity index (χ2v) is 5.25. The van der Waals surface area contributed by atoms with Gasteiger partial charge < -0.3 is 30.3 Å². The highest BCUT2D eigenvalue weighted by atomic mass is 16.4. The van der Waals surface area contributed by atoms with Crippen LogP contribution in [0, 0.1) is 11.8 Å². The molecule has 6 nitrogen and oxygen atoms in total. The van der Waals surface area contributed by atoms with Gasteiger partial charge in [-0.1, -0.05) is 27.7 Å². The zero-order chi connectivity index (χ0) is 14.7. The maximum absolute atomic E-state index is 10.4. The Bertz CT molecular complexity index is 257. The molecule has 0 radical (unpaired) electrons. The molecular formula is C12H24O6. The molecule has 18 heavy (non-hydrogen) atoms. The average Bonchev–Trinajstić information content (AvgIpc) is 2.33. The fourth-order valence-electron chi connectivity index (χ4n) is 2.09. The van der Waals surface area contributed by atoms with Crippen molar-refractivity contribution in [2.75, 3.05) is 0 Å². The topological polar surface area (TPSA) is 118 Å². The van der Waals surface area contributed by atoms with E-state index in [9.17, 15) is 25.2 Å². The van der Waals surface area contributed by atoms with Crippen molar-refractivity contribution in [2.24, 2.45) is 11.8 Å². The van der Waals surface area contributed by atoms with E-state index in [0.717, 1.165) is 0 Å². The summed E-state index contributed by atoms with van der Waals surface area (Å²) in [6.07, 6.45) is -7.09. The Hall–Kier alpha value is -0.530. The van der Waals surface area contributed by atoms with Crippen LogP contribution in [-0.2, 0) is 4.79 Å². The number of carbonyl (C=O) groups excluding carboxylic acids is 1. The van der Waals surface area contributed by atoms with Gasteiger partial charge in [0.05, 0.1) is 5.60 Å². The minimum Gasteiger partial charge on any atom is -0.387 e. The van der Waals surface area contributed by atoms with Gasteiger partial charge in [0.2, 0.25) is 0 Å². The lowest BCUT2D eigenvalue weighted by Crippen LogP contribution is -2.60. The van der Waals surface area contributed by atoms with Crippen LogP contribution >= 0.6 is 0 Å². The van der Waals surface area contributed by atoms with Crippen LogP contribution < -0.4 is 0 Å². The molecule has 0 saturated heterocycles. The molecule has 0 heterocycles. The van der Waals surface area contributed by atoms with Gasteiger partial charge in [-0.25, -0.2) is 0 Å². The molecule has 6 heteroatoms. The van der Waals surface area contributed by atoms with Crippen LogP contribution in [0.1, 0.15) is 27.7 Å². The average molecular weight is 264 g/mol. The van der Waals surface area contributed by atoms with Crippen molar-refractivity contribution < 1.29 is 30.3 Å². The molecule has 0 aromatic heterocycles. The molecule has 0 aliphatic carbocycles. The number of aldehydes is 1. The van der Waals surface area contributed by atoms with E-state index in [1.807, 2.05) is 0 Å². The number of carbonyl (C=O) groups is 1. The molecule has 5 N–H and O–H groups in total. The molecule has 0 aromatic rings. The Labute approximate surface area is 107 Å². The Morgan fingerprint density at radius 2 is 1.28 bits per heavy atom. The maximum Gasteiger partial charge on any atom is 0.151 e. The lowest BCUT2D eigenvalue weighted by Gasteiger charge is -2.43. The van der Waals surface area contributed by atoms with Crippen molar-refractivity contribution in [3.05, 3.63) is 0 Å². The first-order valence-corrected chi connectivity index (χ1v) is 6.00. The summed E-state index contributed by atoms with van der Waals surface area (Å²) < 4.78 is 0. The maximum atomic E-state index is 10.4. The molecule has 0 bridgehead atoms. The van der Waals surface area contributed by atoms with Crippen LogP contribution in [0.3, 0.4) is 0 Å². The van der Waals surface area contributed by atoms with E-state index in [1.165, 1.54) is 0 Å². The minimum atomic E-state index is -1.85. The van der Waals surface area contributed by atoms with Crippen LogP contribution in [0.4, 0.5) is 0 Å². The highest BCUT2D eigenvalue weighted by Crippen LogP contribution is 2.32. The van der Waals surface area contributed by atoms with Gasteiger partial charge in [-0.15, -0.1) is 0 Å². The lowest BCUT2D eigenvalue weighted by atomic mass is 9.73. The van der Waals surface area contributed by atoms with Crippen LogP contribution in [-0.4, -0.2) is 61.8 Å². The molecule has 0 unspecified atom stereocenters. The Morgan fingerprint density at radius 3 is 1.56 bits per heavy atom. The highest BCUT2D eigenvalue weighted by Gasteiger charge is 2.47. The Kier molecular flexibility index (Phi) is 6.39. The van der Waals surface area contributed by atoms with Crippen molar-refractivity contribution in [3.8, 4) is 0 Å². The fraction of sp³-hybridized carbons (Fsp3) is 0.917. The van der Waals surface area contributed by atoms with Crippen molar-refractivity contribution in [2.45, 2.75) is 57.7 Å². The summed E-state index contributed by atoms with van der Waals surface area (Å²) in [4.78, 5) is 10.3. The number of hydrogen-bond donors (Lipinski definition) is 5. The van der Waals surface area contributed by atoms with Gasteiger partial charge in [0, 0.05) is 0 Å². The summed E-state index contributed by atoms with van der Waals surface area (Å²) in [5.74, 6) is -0.773. The zero-order valence-electron chi connectivity index (χ0n) is 11.2. The number of rotatable bonds is 7. The van der Waals surface area contributed by atoms with Gasteiger partial charge in [0.1, 0.15) is 24.4 Å². The summed E-state index contributed by atoms with van der Waals surface area (Å²) in [7, 11) is 0. The first kappa shape index (κ1) is 17.5. The van der Waals surface area contributed by atoms with E-state index in [1.54, 1.807) is 27.7 Å². The monoisotopic (exact) mass is 264 g/mol. The van der Waals surface area contributed by atoms with Gasteiger partial charge >= 0.3 is 0 Å². The number of hydrogen-bond acceptors (Lipinski definition) is 6. The predicted molar refractivity (Wildman–Crippen MR) is 64.7 cm³/mol. The summed E-state index contributed by atoms with van der Waals surface area (Å²) in [6, 6.07) is 0. The normalized spacial score (nSPS) is 19.7. The summed E-state index contributed by atoms with van der Waals surface area (Å²) in [6.45, 7) is 6.66. The molecule has 0 rings (SSSR count). The van der Waals surface area contributed by atoms with Gasteiger partial charge in [0.25, 0.3) is 0 Å². The summed E-state index contributed by atoms with van der Waals surface area (Å²) in [5, 5.41) is 48.8. The third-order valence-corrected chi connectivity index (χ3v) is 3.49. The predicted octanol–water partition coefficient (Wildman–Crippen LogP) is -1.33. The first-order valence-electron chi connectivity index (χ1n) is 6.00. The van der Waals surface area contributed by atoms with E-state index >= 15 is 0 Å². The van der Waals surface area contributed by atoms with Crippen molar-refractivity contribution >= 4 is 6.29 Å². The second-order valence-electron chi connectivity index (χ2n) is 5.25. The summed E-state index contributed by atoms with van der Waals surface area (Å²) in [5.41, 5.74) is -1.64. The molecule has 0 saturated carbocycles. The van der Waals surface area contributed by atoms with Gasteiger partial charge in [-0.3, -0.25) is 0 Å².